The summed E-state index contributed by atoms with van der Waals surface area (Å²) in [5, 5.41) is -0.321. The third kappa shape index (κ3) is 6.12. The van der Waals surface area contributed by atoms with E-state index in [1.54, 1.807) is 32.3 Å². The third-order valence-corrected chi connectivity index (χ3v) is 11.8. The molecule has 0 spiro atoms. The molecule has 3 saturated heterocycles. The zero-order valence-electron chi connectivity index (χ0n) is 25.5. The predicted octanol–water partition coefficient (Wildman–Crippen LogP) is 3.72. The van der Waals surface area contributed by atoms with E-state index in [0.717, 1.165) is 24.3 Å². The summed E-state index contributed by atoms with van der Waals surface area (Å²) in [6, 6.07) is 13.0. The molecule has 0 aromatic heterocycles. The number of anilines is 1. The largest absolute Gasteiger partial charge is 0.496 e. The van der Waals surface area contributed by atoms with Crippen LogP contribution in [0.4, 0.5) is 10.5 Å². The van der Waals surface area contributed by atoms with Gasteiger partial charge in [-0.15, -0.1) is 0 Å². The van der Waals surface area contributed by atoms with Crippen LogP contribution in [0.25, 0.3) is 0 Å². The summed E-state index contributed by atoms with van der Waals surface area (Å²) in [6.07, 6.45) is 2.74. The Hall–Kier alpha value is -3.35. The second-order valence-electron chi connectivity index (χ2n) is 12.0. The molecular weight excluding hydrogens is 584 g/mol. The molecule has 44 heavy (non-hydrogen) atoms. The lowest BCUT2D eigenvalue weighted by Gasteiger charge is -2.40. The number of likely N-dealkylation sites (tertiary alicyclic amines) is 2. The predicted molar refractivity (Wildman–Crippen MR) is 166 cm³/mol. The molecule has 6 rings (SSSR count). The summed E-state index contributed by atoms with van der Waals surface area (Å²) in [5.74, 6) is 0.903. The summed E-state index contributed by atoms with van der Waals surface area (Å²) in [5.41, 5.74) is 2.33. The fourth-order valence-corrected chi connectivity index (χ4v) is 8.82. The van der Waals surface area contributed by atoms with Gasteiger partial charge in [0.15, 0.2) is 0 Å². The number of benzene rings is 2. The molecule has 4 aliphatic heterocycles. The van der Waals surface area contributed by atoms with Crippen LogP contribution < -0.4 is 14.4 Å². The quantitative estimate of drug-likeness (QED) is 0.436. The molecule has 11 nitrogen and oxygen atoms in total. The van der Waals surface area contributed by atoms with Crippen molar-refractivity contribution >= 4 is 27.7 Å². The van der Waals surface area contributed by atoms with Crippen LogP contribution in [-0.4, -0.2) is 105 Å². The minimum absolute atomic E-state index is 0.0451. The first-order chi connectivity index (χ1) is 21.3. The van der Waals surface area contributed by atoms with Crippen LogP contribution in [0, 0.1) is 0 Å². The molecule has 0 saturated carbocycles. The Morgan fingerprint density at radius 3 is 2.43 bits per heavy atom. The Morgan fingerprint density at radius 2 is 1.73 bits per heavy atom. The molecule has 3 fully saturated rings. The Morgan fingerprint density at radius 1 is 0.977 bits per heavy atom. The van der Waals surface area contributed by atoms with E-state index in [-0.39, 0.29) is 36.0 Å². The van der Waals surface area contributed by atoms with Gasteiger partial charge in [0.05, 0.1) is 23.6 Å². The highest BCUT2D eigenvalue weighted by Crippen LogP contribution is 2.34. The van der Waals surface area contributed by atoms with Crippen molar-refractivity contribution in [3.8, 4) is 11.5 Å². The molecule has 0 aliphatic carbocycles. The Bertz CT molecular complexity index is 1470. The molecule has 2 amide bonds. The monoisotopic (exact) mass is 626 g/mol. The minimum atomic E-state index is -3.32. The number of methoxy groups -OCH3 is 1. The zero-order chi connectivity index (χ0) is 30.8. The van der Waals surface area contributed by atoms with E-state index in [4.69, 9.17) is 14.2 Å². The maximum absolute atomic E-state index is 13.5. The minimum Gasteiger partial charge on any atom is -0.496 e. The number of rotatable bonds is 8. The van der Waals surface area contributed by atoms with Crippen molar-refractivity contribution in [3.05, 3.63) is 53.6 Å². The van der Waals surface area contributed by atoms with E-state index in [9.17, 15) is 18.0 Å². The van der Waals surface area contributed by atoms with Crippen molar-refractivity contribution in [2.24, 2.45) is 0 Å². The smallest absolute Gasteiger partial charge is 0.414 e. The highest BCUT2D eigenvalue weighted by Gasteiger charge is 2.39. The molecule has 0 bridgehead atoms. The van der Waals surface area contributed by atoms with Crippen LogP contribution >= 0.6 is 0 Å². The number of ether oxygens (including phenoxy) is 3. The van der Waals surface area contributed by atoms with Crippen LogP contribution in [0.15, 0.2) is 42.5 Å². The van der Waals surface area contributed by atoms with E-state index in [2.05, 4.69) is 11.8 Å². The summed E-state index contributed by atoms with van der Waals surface area (Å²) in [4.78, 5) is 31.9. The van der Waals surface area contributed by atoms with Crippen LogP contribution in [0.1, 0.15) is 54.9 Å². The topological polar surface area (TPSA) is 109 Å². The van der Waals surface area contributed by atoms with Gasteiger partial charge in [0.2, 0.25) is 10.0 Å². The summed E-state index contributed by atoms with van der Waals surface area (Å²) < 4.78 is 45.2. The van der Waals surface area contributed by atoms with Crippen molar-refractivity contribution in [2.75, 3.05) is 57.8 Å². The summed E-state index contributed by atoms with van der Waals surface area (Å²) >= 11 is 0. The van der Waals surface area contributed by atoms with Gasteiger partial charge in [-0.2, -0.15) is 0 Å². The molecule has 2 aromatic carbocycles. The first-order valence-electron chi connectivity index (χ1n) is 15.7. The van der Waals surface area contributed by atoms with E-state index in [1.165, 1.54) is 7.11 Å². The van der Waals surface area contributed by atoms with Gasteiger partial charge in [0.1, 0.15) is 24.2 Å². The summed E-state index contributed by atoms with van der Waals surface area (Å²) in [7, 11) is -1.78. The molecule has 0 N–H and O–H groups in total. The van der Waals surface area contributed by atoms with Gasteiger partial charge >= 0.3 is 6.09 Å². The van der Waals surface area contributed by atoms with Crippen molar-refractivity contribution < 1.29 is 32.2 Å². The molecular formula is C32H42N4O7S. The van der Waals surface area contributed by atoms with Gasteiger partial charge in [-0.05, 0) is 63.4 Å². The number of fused-ring (bicyclic) bond motifs is 1. The van der Waals surface area contributed by atoms with Crippen molar-refractivity contribution in [3.63, 3.8) is 0 Å². The Kier molecular flexibility index (Phi) is 9.02. The van der Waals surface area contributed by atoms with Gasteiger partial charge in [-0.3, -0.25) is 9.69 Å². The lowest BCUT2D eigenvalue weighted by Crippen LogP contribution is -2.50. The molecule has 1 unspecified atom stereocenters. The maximum atomic E-state index is 13.5. The lowest BCUT2D eigenvalue weighted by atomic mass is 10.00. The number of para-hydroxylation sites is 1. The maximum Gasteiger partial charge on any atom is 0.414 e. The molecule has 2 aromatic rings. The second kappa shape index (κ2) is 12.9. The first-order valence-corrected chi connectivity index (χ1v) is 17.2. The number of carbonyl (C=O) groups excluding carboxylic acids is 2. The van der Waals surface area contributed by atoms with Gasteiger partial charge < -0.3 is 24.0 Å². The number of piperidine rings is 2. The summed E-state index contributed by atoms with van der Waals surface area (Å²) in [6.45, 7) is 6.57. The average molecular weight is 627 g/mol. The fraction of sp³-hybridized carbons (Fsp3) is 0.562. The van der Waals surface area contributed by atoms with Crippen LogP contribution in [-0.2, 0) is 21.4 Å². The highest BCUT2D eigenvalue weighted by atomic mass is 32.2. The highest BCUT2D eigenvalue weighted by molar-refractivity contribution is 7.89. The van der Waals surface area contributed by atoms with E-state index >= 15 is 0 Å². The molecule has 4 aliphatic rings. The fourth-order valence-electron chi connectivity index (χ4n) is 6.88. The van der Waals surface area contributed by atoms with Gasteiger partial charge in [0.25, 0.3) is 5.91 Å². The van der Waals surface area contributed by atoms with Crippen LogP contribution in [0.2, 0.25) is 0 Å². The third-order valence-electron chi connectivity index (χ3n) is 9.48. The molecule has 4 heterocycles. The average Bonchev–Trinajstić information content (AvgIpc) is 3.55. The van der Waals surface area contributed by atoms with Gasteiger partial charge in [0, 0.05) is 50.4 Å². The number of sulfonamides is 1. The second-order valence-corrected chi connectivity index (χ2v) is 14.2. The number of nitrogens with zero attached hydrogens (tertiary/aromatic N) is 4. The van der Waals surface area contributed by atoms with Crippen LogP contribution in [0.5, 0.6) is 11.5 Å². The van der Waals surface area contributed by atoms with Crippen LogP contribution in [0.3, 0.4) is 0 Å². The normalized spacial score (nSPS) is 22.5. The van der Waals surface area contributed by atoms with Gasteiger partial charge in [-0.25, -0.2) is 17.5 Å². The number of cyclic esters (lactones) is 1. The van der Waals surface area contributed by atoms with Crippen molar-refractivity contribution in [2.45, 2.75) is 63.0 Å². The molecule has 238 valence electrons. The molecule has 0 radical (unpaired) electrons. The SMILES string of the molecule is CCN1CCC(S(=O)(=O)N2CCC(Oc3ccc(C(=O)N4CCC(N5C(=O)OCc6ccccc65)CC4)c(OC)c3)CC2)C1. The molecule has 1 atom stereocenters. The van der Waals surface area contributed by atoms with Crippen molar-refractivity contribution in [1.82, 2.24) is 14.1 Å². The lowest BCUT2D eigenvalue weighted by molar-refractivity contribution is 0.0705. The number of amides is 2. The van der Waals surface area contributed by atoms with E-state index in [1.807, 2.05) is 24.3 Å². The zero-order valence-corrected chi connectivity index (χ0v) is 26.3. The van der Waals surface area contributed by atoms with Gasteiger partial charge in [-0.1, -0.05) is 25.1 Å². The standard InChI is InChI=1S/C32H42N4O7S/c1-3-33-15-14-27(21-33)44(39,40)35-18-12-25(13-19-35)43-26-8-9-28(30(20-26)41-2)31(37)34-16-10-24(11-17-34)36-29-7-5-4-6-23(29)22-42-32(36)38/h4-9,20,24-25,27H,3,10-19,21-22H2,1-2H3. The first kappa shape index (κ1) is 30.7. The van der Waals surface area contributed by atoms with E-state index in [0.29, 0.717) is 81.9 Å². The number of carbonyl (C=O) groups is 2. The van der Waals surface area contributed by atoms with Crippen molar-refractivity contribution in [1.29, 1.82) is 0 Å². The van der Waals surface area contributed by atoms with E-state index < -0.39 is 10.0 Å². The number of hydrogen-bond donors (Lipinski definition) is 0. The molecule has 12 heteroatoms. The number of hydrogen-bond acceptors (Lipinski definition) is 8. The Balaban J connectivity index is 1.04. The Labute approximate surface area is 259 Å².